The Kier molecular flexibility index (Phi) is 6.08. The third-order valence-electron chi connectivity index (χ3n) is 3.23. The maximum atomic E-state index is 13.5. The molecule has 0 aromatic heterocycles. The predicted molar refractivity (Wildman–Crippen MR) is 51.9 cm³/mol. The highest BCUT2D eigenvalue weighted by Crippen LogP contribution is 2.72. The summed E-state index contributed by atoms with van der Waals surface area (Å²) in [6, 6.07) is 0. The maximum Gasteiger partial charge on any atom is 0.460 e. The van der Waals surface area contributed by atoms with E-state index in [1.807, 2.05) is 0 Å². The largest absolute Gasteiger partial charge is 0.460 e. The van der Waals surface area contributed by atoms with Crippen LogP contribution in [0.1, 0.15) is 0 Å². The molecule has 0 rings (SSSR count). The summed E-state index contributed by atoms with van der Waals surface area (Å²) in [6.07, 6.45) is -25.5. The van der Waals surface area contributed by atoms with Gasteiger partial charge < -0.3 is 0 Å². The minimum atomic E-state index is -9.28. The van der Waals surface area contributed by atoms with Crippen LogP contribution in [0.15, 0.2) is 0 Å². The van der Waals surface area contributed by atoms with Crippen LogP contribution in [0.4, 0.5) is 74.6 Å². The molecule has 29 heavy (non-hydrogen) atoms. The molecule has 0 saturated carbocycles. The van der Waals surface area contributed by atoms with E-state index in [1.54, 1.807) is 0 Å². The summed E-state index contributed by atoms with van der Waals surface area (Å²) in [5, 5.41) is -8.55. The van der Waals surface area contributed by atoms with E-state index in [2.05, 4.69) is 0 Å². The molecule has 0 fully saturated rings. The SMILES string of the molecule is O=S(=O)(O)C(F)(F)C(C(F)(F)F)(C(F)(F)F)C(F)(F)C(F)(F)C(F)(F)C(F)(F)F. The van der Waals surface area contributed by atoms with Crippen molar-refractivity contribution < 1.29 is 87.6 Å². The van der Waals surface area contributed by atoms with Crippen LogP contribution >= 0.6 is 0 Å². The van der Waals surface area contributed by atoms with E-state index < -0.39 is 57.1 Å². The first kappa shape index (κ1) is 27.7. The highest BCUT2D eigenvalue weighted by Gasteiger charge is 3.02. The minimum Gasteiger partial charge on any atom is -0.281 e. The Bertz CT molecular complexity index is 709. The first-order chi connectivity index (χ1) is 12.0. The van der Waals surface area contributed by atoms with E-state index in [0.717, 1.165) is 0 Å². The highest BCUT2D eigenvalue weighted by molar-refractivity contribution is 7.86. The van der Waals surface area contributed by atoms with Gasteiger partial charge in [0.25, 0.3) is 0 Å². The third-order valence-corrected chi connectivity index (χ3v) is 4.18. The fourth-order valence-corrected chi connectivity index (χ4v) is 2.58. The van der Waals surface area contributed by atoms with Crippen molar-refractivity contribution in [3.8, 4) is 0 Å². The zero-order valence-electron chi connectivity index (χ0n) is 12.1. The molecule has 0 unspecified atom stereocenters. The fraction of sp³-hybridized carbons (Fsp3) is 1.00. The molecule has 0 radical (unpaired) electrons. The zero-order chi connectivity index (χ0) is 24.5. The van der Waals surface area contributed by atoms with Crippen molar-refractivity contribution in [1.29, 1.82) is 0 Å². The molecule has 0 aromatic carbocycles. The Hall–Kier alpha value is -1.28. The van der Waals surface area contributed by atoms with Crippen molar-refractivity contribution >= 4 is 10.1 Å². The molecule has 1 N–H and O–H groups in total. The van der Waals surface area contributed by atoms with Gasteiger partial charge in [0.1, 0.15) is 0 Å². The molecule has 0 amide bonds. The molecule has 0 aliphatic heterocycles. The summed E-state index contributed by atoms with van der Waals surface area (Å²) >= 11 is 0. The van der Waals surface area contributed by atoms with E-state index in [0.29, 0.717) is 0 Å². The van der Waals surface area contributed by atoms with Gasteiger partial charge in [0.15, 0.2) is 0 Å². The number of rotatable bonds is 5. The summed E-state index contributed by atoms with van der Waals surface area (Å²) < 4.78 is 245. The lowest BCUT2D eigenvalue weighted by Gasteiger charge is -2.48. The van der Waals surface area contributed by atoms with E-state index in [4.69, 9.17) is 4.55 Å². The number of halogens is 17. The van der Waals surface area contributed by atoms with Crippen molar-refractivity contribution in [3.63, 3.8) is 0 Å². The second-order valence-corrected chi connectivity index (χ2v) is 6.42. The first-order valence-electron chi connectivity index (χ1n) is 5.68. The molecule has 0 heterocycles. The monoisotopic (exact) mass is 500 g/mol. The molecule has 0 aliphatic rings. The summed E-state index contributed by atoms with van der Waals surface area (Å²) in [5.74, 6) is -26.8. The quantitative estimate of drug-likeness (QED) is 0.425. The van der Waals surface area contributed by atoms with Gasteiger partial charge in [0.05, 0.1) is 0 Å². The summed E-state index contributed by atoms with van der Waals surface area (Å²) in [6.45, 7) is 0. The van der Waals surface area contributed by atoms with Gasteiger partial charge in [-0.15, -0.1) is 0 Å². The zero-order valence-corrected chi connectivity index (χ0v) is 12.9. The van der Waals surface area contributed by atoms with Crippen LogP contribution in [0.25, 0.3) is 0 Å². The van der Waals surface area contributed by atoms with Crippen molar-refractivity contribution in [2.75, 3.05) is 0 Å². The van der Waals surface area contributed by atoms with Gasteiger partial charge >= 0.3 is 57.1 Å². The van der Waals surface area contributed by atoms with Gasteiger partial charge in [-0.3, -0.25) is 4.55 Å². The number of hydrogen-bond acceptors (Lipinski definition) is 2. The van der Waals surface area contributed by atoms with Crippen LogP contribution in [0.3, 0.4) is 0 Å². The standard InChI is InChI=1S/C8HF17O3S/c9-2(10,3(11,12)4(13,14)7(21,22)23)1(5(15,16)17,6(18,19)20)8(24,25)29(26,27)28/h(H,26,27,28). The molecule has 3 nitrogen and oxygen atoms in total. The van der Waals surface area contributed by atoms with Crippen LogP contribution < -0.4 is 0 Å². The van der Waals surface area contributed by atoms with Gasteiger partial charge in [-0.25, -0.2) is 0 Å². The fourth-order valence-electron chi connectivity index (χ4n) is 1.83. The van der Waals surface area contributed by atoms with E-state index in [9.17, 15) is 83.1 Å². The Morgan fingerprint density at radius 1 is 0.448 bits per heavy atom. The molecule has 0 bridgehead atoms. The van der Waals surface area contributed by atoms with Gasteiger partial charge in [0.2, 0.25) is 0 Å². The van der Waals surface area contributed by atoms with E-state index >= 15 is 0 Å². The lowest BCUT2D eigenvalue weighted by molar-refractivity contribution is -0.491. The lowest BCUT2D eigenvalue weighted by Crippen LogP contribution is -2.78. The van der Waals surface area contributed by atoms with Gasteiger partial charge in [-0.1, -0.05) is 0 Å². The van der Waals surface area contributed by atoms with Crippen LogP contribution in [0, 0.1) is 5.41 Å². The Balaban J connectivity index is 7.85. The smallest absolute Gasteiger partial charge is 0.281 e. The Morgan fingerprint density at radius 2 is 0.724 bits per heavy atom. The topological polar surface area (TPSA) is 54.4 Å². The minimum absolute atomic E-state index is 7.83. The first-order valence-corrected chi connectivity index (χ1v) is 7.12. The predicted octanol–water partition coefficient (Wildman–Crippen LogP) is 5.05. The molecule has 0 aliphatic carbocycles. The van der Waals surface area contributed by atoms with Crippen molar-refractivity contribution in [2.24, 2.45) is 5.41 Å². The highest BCUT2D eigenvalue weighted by atomic mass is 32.2. The summed E-state index contributed by atoms with van der Waals surface area (Å²) in [4.78, 5) is 0. The van der Waals surface area contributed by atoms with Gasteiger partial charge in [-0.2, -0.15) is 83.1 Å². The molecular formula is C8HF17O3S. The van der Waals surface area contributed by atoms with Crippen LogP contribution in [0.2, 0.25) is 0 Å². The number of alkyl halides is 17. The van der Waals surface area contributed by atoms with Crippen molar-refractivity contribution in [3.05, 3.63) is 0 Å². The molecule has 0 saturated heterocycles. The molecular weight excluding hydrogens is 499 g/mol. The summed E-state index contributed by atoms with van der Waals surface area (Å²) in [5.41, 5.74) is -9.17. The normalized spacial score (nSPS) is 16.9. The van der Waals surface area contributed by atoms with Crippen molar-refractivity contribution in [2.45, 2.75) is 41.6 Å². The van der Waals surface area contributed by atoms with Gasteiger partial charge in [0, 0.05) is 0 Å². The van der Waals surface area contributed by atoms with Crippen LogP contribution in [-0.2, 0) is 10.1 Å². The lowest BCUT2D eigenvalue weighted by atomic mass is 9.74. The molecule has 0 atom stereocenters. The molecule has 21 heteroatoms. The van der Waals surface area contributed by atoms with E-state index in [-0.39, 0.29) is 0 Å². The average Bonchev–Trinajstić information content (AvgIpc) is 2.30. The van der Waals surface area contributed by atoms with Crippen molar-refractivity contribution in [1.82, 2.24) is 0 Å². The van der Waals surface area contributed by atoms with Crippen LogP contribution in [-0.4, -0.2) is 54.5 Å². The van der Waals surface area contributed by atoms with Gasteiger partial charge in [-0.05, 0) is 0 Å². The second-order valence-electron chi connectivity index (χ2n) is 4.96. The Labute approximate surface area is 146 Å². The summed E-state index contributed by atoms with van der Waals surface area (Å²) in [7, 11) is -8.46. The average molecular weight is 500 g/mol. The second kappa shape index (κ2) is 6.36. The Morgan fingerprint density at radius 3 is 0.897 bits per heavy atom. The maximum absolute atomic E-state index is 13.5. The van der Waals surface area contributed by atoms with Crippen LogP contribution in [0.5, 0.6) is 0 Å². The third kappa shape index (κ3) is 3.26. The molecule has 176 valence electrons. The number of hydrogen-bond donors (Lipinski definition) is 1. The van der Waals surface area contributed by atoms with E-state index in [1.165, 1.54) is 0 Å². The molecule has 0 spiro atoms. The molecule has 0 aromatic rings.